The quantitative estimate of drug-likeness (QED) is 0.525. The first-order valence-corrected chi connectivity index (χ1v) is 9.09. The average Bonchev–Trinajstić information content (AvgIpc) is 2.65. The first-order valence-electron chi connectivity index (χ1n) is 8.71. The highest BCUT2D eigenvalue weighted by Gasteiger charge is 2.11. The number of aliphatic hydroxyl groups is 1. The summed E-state index contributed by atoms with van der Waals surface area (Å²) in [5, 5.41) is 15.8. The molecule has 0 bridgehead atoms. The van der Waals surface area contributed by atoms with E-state index in [1.165, 1.54) is 5.56 Å². The predicted octanol–water partition coefficient (Wildman–Crippen LogP) is 2.91. The van der Waals surface area contributed by atoms with Crippen LogP contribution in [0, 0.1) is 6.92 Å². The Morgan fingerprint density at radius 1 is 1.00 bits per heavy atom. The lowest BCUT2D eigenvalue weighted by Gasteiger charge is -2.15. The first-order chi connectivity index (χ1) is 12.7. The van der Waals surface area contributed by atoms with E-state index in [0.717, 1.165) is 24.2 Å². The third-order valence-corrected chi connectivity index (χ3v) is 4.41. The van der Waals surface area contributed by atoms with Gasteiger partial charge in [0.2, 0.25) is 0 Å². The third-order valence-electron chi connectivity index (χ3n) is 4.06. The van der Waals surface area contributed by atoms with Gasteiger partial charge in [-0.2, -0.15) is 0 Å². The zero-order chi connectivity index (χ0) is 18.8. The number of halogens is 1. The maximum atomic E-state index is 8.73. The molecule has 0 aliphatic heterocycles. The summed E-state index contributed by atoms with van der Waals surface area (Å²) in [5.41, 5.74) is 3.27. The Bertz CT molecular complexity index is 695. The summed E-state index contributed by atoms with van der Waals surface area (Å²) in [4.78, 5) is 0. The van der Waals surface area contributed by atoms with E-state index in [0.29, 0.717) is 36.2 Å². The number of aryl methyl sites for hydroxylation is 1. The van der Waals surface area contributed by atoms with E-state index in [1.54, 1.807) is 13.2 Å². The minimum Gasteiger partial charge on any atom is -0.493 e. The average molecular weight is 379 g/mol. The minimum atomic E-state index is 0.146. The van der Waals surface area contributed by atoms with Crippen LogP contribution in [0.3, 0.4) is 0 Å². The molecule has 142 valence electrons. The first kappa shape index (κ1) is 20.5. The molecule has 2 aromatic carbocycles. The Kier molecular flexibility index (Phi) is 8.71. The number of aliphatic hydroxyl groups excluding tert-OH is 1. The van der Waals surface area contributed by atoms with Crippen LogP contribution >= 0.6 is 11.6 Å². The van der Waals surface area contributed by atoms with Crippen LogP contribution in [0.25, 0.3) is 0 Å². The van der Waals surface area contributed by atoms with Crippen LogP contribution in [0.4, 0.5) is 0 Å². The summed E-state index contributed by atoms with van der Waals surface area (Å²) in [7, 11) is 1.62. The number of benzene rings is 2. The summed E-state index contributed by atoms with van der Waals surface area (Å²) in [6.07, 6.45) is 0. The molecule has 0 atom stereocenters. The van der Waals surface area contributed by atoms with Gasteiger partial charge in [0, 0.05) is 37.3 Å². The number of hydrogen-bond donors (Lipinski definition) is 3. The van der Waals surface area contributed by atoms with Crippen molar-refractivity contribution in [1.82, 2.24) is 10.6 Å². The molecule has 0 aliphatic carbocycles. The standard InChI is InChI=1S/C20H27ClN2O3/c1-15-5-3-4-6-16(15)14-26-20-12-18(21)17(11-19(20)25-2)13-23-8-7-22-9-10-24/h3-6,11-12,22-24H,7-10,13-14H2,1-2H3. The van der Waals surface area contributed by atoms with Gasteiger partial charge in [-0.05, 0) is 29.7 Å². The van der Waals surface area contributed by atoms with Gasteiger partial charge in [-0.1, -0.05) is 35.9 Å². The second-order valence-electron chi connectivity index (χ2n) is 5.96. The lowest BCUT2D eigenvalue weighted by Crippen LogP contribution is -2.28. The number of nitrogens with one attached hydrogen (secondary N) is 2. The van der Waals surface area contributed by atoms with E-state index in [4.69, 9.17) is 26.2 Å². The van der Waals surface area contributed by atoms with Gasteiger partial charge < -0.3 is 25.2 Å². The van der Waals surface area contributed by atoms with Crippen molar-refractivity contribution in [1.29, 1.82) is 0 Å². The molecule has 0 aliphatic rings. The summed E-state index contributed by atoms with van der Waals surface area (Å²) >= 11 is 6.41. The van der Waals surface area contributed by atoms with Gasteiger partial charge in [0.25, 0.3) is 0 Å². The minimum absolute atomic E-state index is 0.146. The molecule has 6 heteroatoms. The number of ether oxygens (including phenoxy) is 2. The molecule has 0 fully saturated rings. The Labute approximate surface area is 160 Å². The molecule has 2 aromatic rings. The second-order valence-corrected chi connectivity index (χ2v) is 6.37. The van der Waals surface area contributed by atoms with Gasteiger partial charge in [-0.15, -0.1) is 0 Å². The molecule has 0 amide bonds. The smallest absolute Gasteiger partial charge is 0.163 e. The highest BCUT2D eigenvalue weighted by atomic mass is 35.5. The van der Waals surface area contributed by atoms with Crippen LogP contribution in [0.15, 0.2) is 36.4 Å². The van der Waals surface area contributed by atoms with E-state index < -0.39 is 0 Å². The highest BCUT2D eigenvalue weighted by Crippen LogP contribution is 2.34. The van der Waals surface area contributed by atoms with Crippen LogP contribution in [0.2, 0.25) is 5.02 Å². The van der Waals surface area contributed by atoms with Gasteiger partial charge in [0.1, 0.15) is 6.61 Å². The molecule has 0 saturated heterocycles. The van der Waals surface area contributed by atoms with Crippen LogP contribution in [-0.2, 0) is 13.2 Å². The number of methoxy groups -OCH3 is 1. The van der Waals surface area contributed by atoms with E-state index in [1.807, 2.05) is 24.3 Å². The van der Waals surface area contributed by atoms with Crippen molar-refractivity contribution in [3.05, 3.63) is 58.1 Å². The van der Waals surface area contributed by atoms with Crippen LogP contribution < -0.4 is 20.1 Å². The normalized spacial score (nSPS) is 10.8. The fourth-order valence-corrected chi connectivity index (χ4v) is 2.74. The summed E-state index contributed by atoms with van der Waals surface area (Å²) in [5.74, 6) is 1.30. The Balaban J connectivity index is 1.96. The van der Waals surface area contributed by atoms with Crippen molar-refractivity contribution in [3.63, 3.8) is 0 Å². The second kappa shape index (κ2) is 11.0. The fourth-order valence-electron chi connectivity index (χ4n) is 2.52. The summed E-state index contributed by atoms with van der Waals surface area (Å²) in [6, 6.07) is 11.8. The molecule has 0 heterocycles. The Morgan fingerprint density at radius 3 is 2.50 bits per heavy atom. The van der Waals surface area contributed by atoms with Crippen molar-refractivity contribution >= 4 is 11.6 Å². The van der Waals surface area contributed by atoms with Crippen molar-refractivity contribution < 1.29 is 14.6 Å². The molecule has 0 radical (unpaired) electrons. The van der Waals surface area contributed by atoms with E-state index in [9.17, 15) is 0 Å². The molecule has 2 rings (SSSR count). The zero-order valence-electron chi connectivity index (χ0n) is 15.3. The van der Waals surface area contributed by atoms with Crippen molar-refractivity contribution in [3.8, 4) is 11.5 Å². The molecule has 5 nitrogen and oxygen atoms in total. The highest BCUT2D eigenvalue weighted by molar-refractivity contribution is 6.31. The Morgan fingerprint density at radius 2 is 1.77 bits per heavy atom. The van der Waals surface area contributed by atoms with Crippen molar-refractivity contribution in [2.45, 2.75) is 20.1 Å². The summed E-state index contributed by atoms with van der Waals surface area (Å²) < 4.78 is 11.4. The zero-order valence-corrected chi connectivity index (χ0v) is 16.1. The molecule has 26 heavy (non-hydrogen) atoms. The lowest BCUT2D eigenvalue weighted by molar-refractivity contribution is 0.283. The van der Waals surface area contributed by atoms with Crippen molar-refractivity contribution in [2.24, 2.45) is 0 Å². The van der Waals surface area contributed by atoms with Gasteiger partial charge in [0.05, 0.1) is 13.7 Å². The van der Waals surface area contributed by atoms with E-state index in [-0.39, 0.29) is 6.61 Å². The number of hydrogen-bond acceptors (Lipinski definition) is 5. The molecule has 0 saturated carbocycles. The summed E-state index contributed by atoms with van der Waals surface area (Å²) in [6.45, 7) is 5.47. The third kappa shape index (κ3) is 6.18. The van der Waals surface area contributed by atoms with Crippen LogP contribution in [-0.4, -0.2) is 38.5 Å². The molecule has 3 N–H and O–H groups in total. The molecule has 0 spiro atoms. The molecular weight excluding hydrogens is 352 g/mol. The van der Waals surface area contributed by atoms with Crippen LogP contribution in [0.5, 0.6) is 11.5 Å². The van der Waals surface area contributed by atoms with Gasteiger partial charge in [-0.3, -0.25) is 0 Å². The fraction of sp³-hybridized carbons (Fsp3) is 0.400. The topological polar surface area (TPSA) is 62.8 Å². The monoisotopic (exact) mass is 378 g/mol. The van der Waals surface area contributed by atoms with Gasteiger partial charge in [0.15, 0.2) is 11.5 Å². The number of rotatable bonds is 11. The lowest BCUT2D eigenvalue weighted by atomic mass is 10.1. The van der Waals surface area contributed by atoms with Crippen molar-refractivity contribution in [2.75, 3.05) is 33.4 Å². The maximum Gasteiger partial charge on any atom is 0.163 e. The molecule has 0 unspecified atom stereocenters. The molecular formula is C20H27ClN2O3. The largest absolute Gasteiger partial charge is 0.493 e. The molecule has 0 aromatic heterocycles. The maximum absolute atomic E-state index is 8.73. The van der Waals surface area contributed by atoms with E-state index in [2.05, 4.69) is 23.6 Å². The van der Waals surface area contributed by atoms with Crippen LogP contribution in [0.1, 0.15) is 16.7 Å². The van der Waals surface area contributed by atoms with E-state index >= 15 is 0 Å². The predicted molar refractivity (Wildman–Crippen MR) is 105 cm³/mol. The Hall–Kier alpha value is -1.79. The SMILES string of the molecule is COc1cc(CNCCNCCO)c(Cl)cc1OCc1ccccc1C. The van der Waals surface area contributed by atoms with Gasteiger partial charge >= 0.3 is 0 Å². The van der Waals surface area contributed by atoms with Gasteiger partial charge in [-0.25, -0.2) is 0 Å².